The van der Waals surface area contributed by atoms with E-state index in [-0.39, 0.29) is 11.3 Å². The molecule has 2 aromatic heterocycles. The number of aliphatic hydroxyl groups excluding tert-OH is 2. The van der Waals surface area contributed by atoms with Crippen molar-refractivity contribution in [1.82, 2.24) is 20.2 Å². The van der Waals surface area contributed by atoms with Gasteiger partial charge in [0.2, 0.25) is 0 Å². The maximum absolute atomic E-state index is 13.8. The highest BCUT2D eigenvalue weighted by Gasteiger charge is 2.47. The first-order valence-electron chi connectivity index (χ1n) is 12.4. The number of halogens is 3. The molecule has 0 unspecified atom stereocenters. The van der Waals surface area contributed by atoms with E-state index in [4.69, 9.17) is 14.0 Å². The van der Waals surface area contributed by atoms with Crippen LogP contribution in [0.4, 0.5) is 13.2 Å². The average molecular weight is 523 g/mol. The fraction of sp³-hybridized carbons (Fsp3) is 0.560. The highest BCUT2D eigenvalue weighted by Crippen LogP contribution is 2.36. The SMILES string of the molecule is CO[C@@H]1[C@@H](n2cc(-c3cc(F)c(F)c(F)c3)nn2)[C@@H](O)[C@@H](CO)O[C@@H]1Cc1cc(C2CCCCC2)on1. The summed E-state index contributed by atoms with van der Waals surface area (Å²) >= 11 is 0. The summed E-state index contributed by atoms with van der Waals surface area (Å²) in [7, 11) is 1.46. The van der Waals surface area contributed by atoms with Gasteiger partial charge in [-0.3, -0.25) is 0 Å². The van der Waals surface area contributed by atoms with E-state index in [0.29, 0.717) is 18.0 Å². The molecule has 2 aliphatic rings. The summed E-state index contributed by atoms with van der Waals surface area (Å²) < 4.78 is 59.5. The van der Waals surface area contributed by atoms with Crippen LogP contribution in [0.1, 0.15) is 55.5 Å². The predicted octanol–water partition coefficient (Wildman–Crippen LogP) is 3.32. The number of hydrogen-bond acceptors (Lipinski definition) is 8. The van der Waals surface area contributed by atoms with Crippen molar-refractivity contribution < 1.29 is 37.4 Å². The van der Waals surface area contributed by atoms with E-state index in [9.17, 15) is 23.4 Å². The highest BCUT2D eigenvalue weighted by atomic mass is 19.2. The molecule has 200 valence electrons. The van der Waals surface area contributed by atoms with Gasteiger partial charge >= 0.3 is 0 Å². The molecule has 0 bridgehead atoms. The van der Waals surface area contributed by atoms with Crippen LogP contribution in [0.25, 0.3) is 11.3 Å². The minimum Gasteiger partial charge on any atom is -0.394 e. The minimum absolute atomic E-state index is 0.0220. The summed E-state index contributed by atoms with van der Waals surface area (Å²) in [4.78, 5) is 0. The lowest BCUT2D eigenvalue weighted by Gasteiger charge is -2.43. The van der Waals surface area contributed by atoms with Gasteiger partial charge in [0.25, 0.3) is 0 Å². The number of nitrogens with zero attached hydrogens (tertiary/aromatic N) is 4. The lowest BCUT2D eigenvalue weighted by atomic mass is 9.87. The molecule has 37 heavy (non-hydrogen) atoms. The van der Waals surface area contributed by atoms with Crippen LogP contribution < -0.4 is 0 Å². The Labute approximate surface area is 211 Å². The molecule has 5 atom stereocenters. The van der Waals surface area contributed by atoms with Gasteiger partial charge in [-0.25, -0.2) is 17.9 Å². The third-order valence-electron chi connectivity index (χ3n) is 7.33. The normalized spacial score (nSPS) is 27.0. The molecule has 1 aromatic carbocycles. The summed E-state index contributed by atoms with van der Waals surface area (Å²) in [5.41, 5.74) is 0.708. The Hall–Kier alpha value is -2.80. The van der Waals surface area contributed by atoms with Gasteiger partial charge in [-0.2, -0.15) is 0 Å². The van der Waals surface area contributed by atoms with Gasteiger partial charge < -0.3 is 24.2 Å². The van der Waals surface area contributed by atoms with E-state index in [1.165, 1.54) is 24.4 Å². The maximum atomic E-state index is 13.8. The zero-order chi connectivity index (χ0) is 26.1. The summed E-state index contributed by atoms with van der Waals surface area (Å²) in [5.74, 6) is -3.11. The van der Waals surface area contributed by atoms with Gasteiger partial charge in [0, 0.05) is 31.1 Å². The van der Waals surface area contributed by atoms with Gasteiger partial charge in [-0.15, -0.1) is 5.10 Å². The molecular weight excluding hydrogens is 493 g/mol. The molecule has 2 N–H and O–H groups in total. The molecule has 3 aromatic rings. The van der Waals surface area contributed by atoms with Crippen molar-refractivity contribution in [2.45, 2.75) is 74.9 Å². The molecule has 1 saturated heterocycles. The first kappa shape index (κ1) is 25.8. The smallest absolute Gasteiger partial charge is 0.194 e. The van der Waals surface area contributed by atoms with Gasteiger partial charge in [-0.1, -0.05) is 29.6 Å². The van der Waals surface area contributed by atoms with Crippen LogP contribution in [0.3, 0.4) is 0 Å². The third kappa shape index (κ3) is 5.15. The fourth-order valence-electron chi connectivity index (χ4n) is 5.40. The molecule has 1 aliphatic heterocycles. The second kappa shape index (κ2) is 10.9. The summed E-state index contributed by atoms with van der Waals surface area (Å²) in [5, 5.41) is 33.1. The van der Waals surface area contributed by atoms with Crippen molar-refractivity contribution in [3.8, 4) is 11.3 Å². The summed E-state index contributed by atoms with van der Waals surface area (Å²) in [6.07, 6.45) is 3.77. The number of aliphatic hydroxyl groups is 2. The second-order valence-electron chi connectivity index (χ2n) is 9.67. The number of ether oxygens (including phenoxy) is 2. The van der Waals surface area contributed by atoms with Crippen molar-refractivity contribution >= 4 is 0 Å². The van der Waals surface area contributed by atoms with E-state index in [0.717, 1.165) is 43.6 Å². The van der Waals surface area contributed by atoms with E-state index in [1.54, 1.807) is 0 Å². The van der Waals surface area contributed by atoms with Crippen molar-refractivity contribution in [2.75, 3.05) is 13.7 Å². The number of aromatic nitrogens is 4. The standard InChI is InChI=1S/C25H29F3N4O5/c1-35-25-20(10-15-9-19(37-30-15)13-5-3-2-4-6-13)36-21(12-33)24(34)23(25)32-11-18(29-31-32)14-7-16(26)22(28)17(27)8-14/h7-9,11,13,20-21,23-25,33-34H,2-6,10,12H2,1H3/t20-,21-,23+,24+,25+/m1/s1. The molecule has 9 nitrogen and oxygen atoms in total. The minimum atomic E-state index is -1.58. The molecule has 1 saturated carbocycles. The Morgan fingerprint density at radius 1 is 1.08 bits per heavy atom. The Balaban J connectivity index is 1.40. The molecule has 3 heterocycles. The largest absolute Gasteiger partial charge is 0.394 e. The number of methoxy groups -OCH3 is 1. The number of rotatable bonds is 7. The van der Waals surface area contributed by atoms with E-state index < -0.39 is 54.5 Å². The number of benzene rings is 1. The van der Waals surface area contributed by atoms with Crippen molar-refractivity contribution in [1.29, 1.82) is 0 Å². The number of hydrogen-bond donors (Lipinski definition) is 2. The first-order valence-corrected chi connectivity index (χ1v) is 12.4. The van der Waals surface area contributed by atoms with E-state index >= 15 is 0 Å². The average Bonchev–Trinajstić information content (AvgIpc) is 3.58. The molecule has 1 aliphatic carbocycles. The van der Waals surface area contributed by atoms with Gasteiger partial charge in [0.15, 0.2) is 17.5 Å². The monoisotopic (exact) mass is 522 g/mol. The summed E-state index contributed by atoms with van der Waals surface area (Å²) in [6, 6.07) is 2.69. The van der Waals surface area contributed by atoms with Crippen LogP contribution in [0, 0.1) is 17.5 Å². The van der Waals surface area contributed by atoms with Crippen LogP contribution in [0.2, 0.25) is 0 Å². The van der Waals surface area contributed by atoms with Crippen molar-refractivity contribution in [3.05, 3.63) is 53.3 Å². The van der Waals surface area contributed by atoms with Crippen LogP contribution in [-0.4, -0.2) is 68.5 Å². The van der Waals surface area contributed by atoms with Crippen LogP contribution >= 0.6 is 0 Å². The lowest BCUT2D eigenvalue weighted by molar-refractivity contribution is -0.212. The predicted molar refractivity (Wildman–Crippen MR) is 123 cm³/mol. The molecule has 12 heteroatoms. The molecule has 2 fully saturated rings. The van der Waals surface area contributed by atoms with Crippen LogP contribution in [-0.2, 0) is 15.9 Å². The zero-order valence-electron chi connectivity index (χ0n) is 20.3. The van der Waals surface area contributed by atoms with Gasteiger partial charge in [-0.05, 0) is 25.0 Å². The van der Waals surface area contributed by atoms with Gasteiger partial charge in [0.1, 0.15) is 35.8 Å². The molecule has 0 amide bonds. The Kier molecular flexibility index (Phi) is 7.61. The van der Waals surface area contributed by atoms with E-state index in [1.807, 2.05) is 6.07 Å². The van der Waals surface area contributed by atoms with Gasteiger partial charge in [0.05, 0.1) is 24.6 Å². The summed E-state index contributed by atoms with van der Waals surface area (Å²) in [6.45, 7) is -0.466. The molecular formula is C25H29F3N4O5. The highest BCUT2D eigenvalue weighted by molar-refractivity contribution is 5.57. The van der Waals surface area contributed by atoms with Crippen LogP contribution in [0.5, 0.6) is 0 Å². The zero-order valence-corrected chi connectivity index (χ0v) is 20.3. The van der Waals surface area contributed by atoms with E-state index in [2.05, 4.69) is 15.5 Å². The Bertz CT molecular complexity index is 1190. The van der Waals surface area contributed by atoms with Crippen LogP contribution in [0.15, 0.2) is 28.9 Å². The van der Waals surface area contributed by atoms with Crippen molar-refractivity contribution in [3.63, 3.8) is 0 Å². The Morgan fingerprint density at radius 3 is 2.49 bits per heavy atom. The maximum Gasteiger partial charge on any atom is 0.194 e. The fourth-order valence-corrected chi connectivity index (χ4v) is 5.40. The topological polar surface area (TPSA) is 116 Å². The molecule has 0 radical (unpaired) electrons. The molecule has 5 rings (SSSR count). The Morgan fingerprint density at radius 2 is 1.81 bits per heavy atom. The van der Waals surface area contributed by atoms with Crippen molar-refractivity contribution in [2.24, 2.45) is 0 Å². The third-order valence-corrected chi connectivity index (χ3v) is 7.33. The lowest BCUT2D eigenvalue weighted by Crippen LogP contribution is -2.57. The first-order chi connectivity index (χ1) is 17.9. The molecule has 0 spiro atoms. The quantitative estimate of drug-likeness (QED) is 0.454. The second-order valence-corrected chi connectivity index (χ2v) is 9.67.